The van der Waals surface area contributed by atoms with Crippen LogP contribution in [0, 0.1) is 6.92 Å². The Balaban J connectivity index is 2.28. The maximum absolute atomic E-state index is 12.1. The quantitative estimate of drug-likeness (QED) is 0.882. The molecule has 7 heteroatoms. The Hall–Kier alpha value is -0.500. The molecule has 0 saturated heterocycles. The van der Waals surface area contributed by atoms with E-state index in [1.807, 2.05) is 19.5 Å². The van der Waals surface area contributed by atoms with Gasteiger partial charge in [0.25, 0.3) is 0 Å². The summed E-state index contributed by atoms with van der Waals surface area (Å²) in [4.78, 5) is 7.57. The first-order valence-electron chi connectivity index (χ1n) is 6.80. The molecule has 0 bridgehead atoms. The van der Waals surface area contributed by atoms with E-state index in [0.29, 0.717) is 19.5 Å². The molecule has 1 aliphatic carbocycles. The van der Waals surface area contributed by atoms with Crippen molar-refractivity contribution in [1.82, 2.24) is 9.88 Å². The highest BCUT2D eigenvalue weighted by molar-refractivity contribution is 7.91. The molecule has 0 amide bonds. The largest absolute Gasteiger partial charge is 0.329 e. The third-order valence-corrected chi connectivity index (χ3v) is 7.16. The van der Waals surface area contributed by atoms with E-state index in [0.717, 1.165) is 18.5 Å². The van der Waals surface area contributed by atoms with E-state index in [9.17, 15) is 8.42 Å². The molecule has 0 aliphatic heterocycles. The van der Waals surface area contributed by atoms with Gasteiger partial charge >= 0.3 is 0 Å². The zero-order valence-corrected chi connectivity index (χ0v) is 13.9. The zero-order valence-electron chi connectivity index (χ0n) is 12.3. The van der Waals surface area contributed by atoms with E-state index < -0.39 is 15.4 Å². The van der Waals surface area contributed by atoms with Crippen LogP contribution in [0.4, 0.5) is 0 Å². The number of hydrogen-bond donors (Lipinski definition) is 1. The third kappa shape index (κ3) is 2.77. The van der Waals surface area contributed by atoms with E-state index in [-0.39, 0.29) is 5.25 Å². The number of thiazole rings is 1. The lowest BCUT2D eigenvalue weighted by molar-refractivity contribution is 0.127. The molecule has 0 aromatic carbocycles. The summed E-state index contributed by atoms with van der Waals surface area (Å²) in [6, 6.07) is 0. The molecule has 20 heavy (non-hydrogen) atoms. The molecular weight excluding hydrogens is 294 g/mol. The van der Waals surface area contributed by atoms with Gasteiger partial charge in [0.05, 0.1) is 16.5 Å². The molecule has 2 unspecified atom stereocenters. The van der Waals surface area contributed by atoms with Gasteiger partial charge in [0.15, 0.2) is 9.84 Å². The molecule has 1 aromatic rings. The van der Waals surface area contributed by atoms with Gasteiger partial charge in [-0.25, -0.2) is 13.4 Å². The first-order chi connectivity index (χ1) is 9.31. The number of likely N-dealkylation sites (N-methyl/N-ethyl adjacent to an activating group) is 1. The number of nitrogens with two attached hydrogens (primary N) is 1. The van der Waals surface area contributed by atoms with Gasteiger partial charge in [0.2, 0.25) is 0 Å². The second-order valence-electron chi connectivity index (χ2n) is 5.74. The van der Waals surface area contributed by atoms with Gasteiger partial charge in [0, 0.05) is 29.8 Å². The summed E-state index contributed by atoms with van der Waals surface area (Å²) < 4.78 is 24.2. The van der Waals surface area contributed by atoms with Crippen LogP contribution in [0.5, 0.6) is 0 Å². The van der Waals surface area contributed by atoms with Crippen LogP contribution in [0.2, 0.25) is 0 Å². The second kappa shape index (κ2) is 5.71. The fourth-order valence-electron chi connectivity index (χ4n) is 3.31. The van der Waals surface area contributed by atoms with Crippen LogP contribution in [0.15, 0.2) is 5.51 Å². The van der Waals surface area contributed by atoms with Crippen molar-refractivity contribution in [3.05, 3.63) is 16.1 Å². The van der Waals surface area contributed by atoms with Crippen LogP contribution in [0.3, 0.4) is 0 Å². The summed E-state index contributed by atoms with van der Waals surface area (Å²) in [5, 5.41) is -0.363. The van der Waals surface area contributed by atoms with Gasteiger partial charge in [-0.05, 0) is 26.8 Å². The van der Waals surface area contributed by atoms with Crippen molar-refractivity contribution in [2.24, 2.45) is 5.73 Å². The van der Waals surface area contributed by atoms with Crippen molar-refractivity contribution in [1.29, 1.82) is 0 Å². The van der Waals surface area contributed by atoms with Gasteiger partial charge in [0.1, 0.15) is 0 Å². The summed E-state index contributed by atoms with van der Waals surface area (Å²) in [6.07, 6.45) is 3.80. The molecule has 1 saturated carbocycles. The highest BCUT2D eigenvalue weighted by atomic mass is 32.2. The summed E-state index contributed by atoms with van der Waals surface area (Å²) in [6.45, 7) is 3.07. The molecule has 1 aromatic heterocycles. The number of nitrogens with zero attached hydrogens (tertiary/aromatic N) is 2. The van der Waals surface area contributed by atoms with E-state index in [1.165, 1.54) is 11.1 Å². The van der Waals surface area contributed by atoms with Gasteiger partial charge in [-0.2, -0.15) is 0 Å². The highest BCUT2D eigenvalue weighted by Gasteiger charge is 2.49. The van der Waals surface area contributed by atoms with Crippen LogP contribution in [-0.4, -0.2) is 48.9 Å². The maximum atomic E-state index is 12.1. The Labute approximate surface area is 125 Å². The number of aryl methyl sites for hydroxylation is 1. The van der Waals surface area contributed by atoms with E-state index >= 15 is 0 Å². The smallest absolute Gasteiger partial charge is 0.152 e. The van der Waals surface area contributed by atoms with Crippen molar-refractivity contribution in [2.45, 2.75) is 43.5 Å². The molecular formula is C13H23N3O2S2. The predicted molar refractivity (Wildman–Crippen MR) is 82.6 cm³/mol. The summed E-state index contributed by atoms with van der Waals surface area (Å²) >= 11 is 1.61. The fourth-order valence-corrected chi connectivity index (χ4v) is 5.93. The van der Waals surface area contributed by atoms with Crippen LogP contribution < -0.4 is 5.73 Å². The lowest BCUT2D eigenvalue weighted by Crippen LogP contribution is -2.58. The van der Waals surface area contributed by atoms with Gasteiger partial charge in [-0.1, -0.05) is 6.42 Å². The minimum absolute atomic E-state index is 0.363. The average molecular weight is 317 g/mol. The van der Waals surface area contributed by atoms with Crippen molar-refractivity contribution in [3.8, 4) is 0 Å². The van der Waals surface area contributed by atoms with Gasteiger partial charge < -0.3 is 5.73 Å². The Morgan fingerprint density at radius 1 is 1.60 bits per heavy atom. The van der Waals surface area contributed by atoms with Crippen molar-refractivity contribution >= 4 is 21.2 Å². The van der Waals surface area contributed by atoms with Crippen molar-refractivity contribution < 1.29 is 8.42 Å². The van der Waals surface area contributed by atoms with Crippen LogP contribution >= 0.6 is 11.3 Å². The number of rotatable bonds is 5. The minimum Gasteiger partial charge on any atom is -0.329 e. The molecule has 5 nitrogen and oxygen atoms in total. The topological polar surface area (TPSA) is 76.3 Å². The average Bonchev–Trinajstić information content (AvgIpc) is 2.96. The molecule has 1 fully saturated rings. The van der Waals surface area contributed by atoms with Crippen LogP contribution in [0.25, 0.3) is 0 Å². The third-order valence-electron chi connectivity index (χ3n) is 4.53. The molecule has 1 heterocycles. The lowest BCUT2D eigenvalue weighted by atomic mass is 9.95. The molecule has 2 N–H and O–H groups in total. The van der Waals surface area contributed by atoms with Crippen LogP contribution in [-0.2, 0) is 16.4 Å². The fraction of sp³-hybridized carbons (Fsp3) is 0.769. The van der Waals surface area contributed by atoms with E-state index in [1.54, 1.807) is 11.3 Å². The monoisotopic (exact) mass is 317 g/mol. The highest BCUT2D eigenvalue weighted by Crippen LogP contribution is 2.39. The standard InChI is InChI=1S/C13H23N3O2S2/c1-10-11(19-9-15-10)7-16(2)13(8-14)6-4-5-12(13)20(3,17)18/h9,12H,4-8,14H2,1-3H3. The first-order valence-corrected chi connectivity index (χ1v) is 9.64. The van der Waals surface area contributed by atoms with Crippen molar-refractivity contribution in [3.63, 3.8) is 0 Å². The summed E-state index contributed by atoms with van der Waals surface area (Å²) in [7, 11) is -1.11. The van der Waals surface area contributed by atoms with E-state index in [4.69, 9.17) is 5.73 Å². The molecule has 114 valence electrons. The zero-order chi connectivity index (χ0) is 15.0. The SMILES string of the molecule is Cc1ncsc1CN(C)C1(CN)CCCC1S(C)(=O)=O. The normalized spacial score (nSPS) is 27.4. The number of sulfone groups is 1. The summed E-state index contributed by atoms with van der Waals surface area (Å²) in [5.74, 6) is 0. The maximum Gasteiger partial charge on any atom is 0.152 e. The van der Waals surface area contributed by atoms with Gasteiger partial charge in [-0.15, -0.1) is 11.3 Å². The first kappa shape index (κ1) is 15.9. The number of aromatic nitrogens is 1. The second-order valence-corrected chi connectivity index (χ2v) is 8.90. The molecule has 1 aliphatic rings. The van der Waals surface area contributed by atoms with Crippen molar-refractivity contribution in [2.75, 3.05) is 19.8 Å². The summed E-state index contributed by atoms with van der Waals surface area (Å²) in [5.41, 5.74) is 8.41. The molecule has 0 spiro atoms. The number of hydrogen-bond acceptors (Lipinski definition) is 6. The van der Waals surface area contributed by atoms with Crippen LogP contribution in [0.1, 0.15) is 29.8 Å². The Bertz CT molecular complexity index is 570. The van der Waals surface area contributed by atoms with Gasteiger partial charge in [-0.3, -0.25) is 4.90 Å². The Kier molecular flexibility index (Phi) is 4.53. The minimum atomic E-state index is -3.09. The predicted octanol–water partition coefficient (Wildman–Crippen LogP) is 1.18. The Morgan fingerprint density at radius 3 is 2.80 bits per heavy atom. The lowest BCUT2D eigenvalue weighted by Gasteiger charge is -2.41. The molecule has 0 radical (unpaired) electrons. The van der Waals surface area contributed by atoms with E-state index in [2.05, 4.69) is 9.88 Å². The Morgan fingerprint density at radius 2 is 2.30 bits per heavy atom. The molecule has 2 rings (SSSR count). The molecule has 2 atom stereocenters.